The largest absolute Gasteiger partial charge is 0.496 e. The lowest BCUT2D eigenvalue weighted by Gasteiger charge is -2.38. The van der Waals surface area contributed by atoms with Crippen LogP contribution in [0.2, 0.25) is 0 Å². The maximum atomic E-state index is 13.6. The van der Waals surface area contributed by atoms with Gasteiger partial charge in [0.2, 0.25) is 5.91 Å². The van der Waals surface area contributed by atoms with Crippen molar-refractivity contribution in [2.24, 2.45) is 11.1 Å². The molecule has 0 saturated carbocycles. The number of hydrogen-bond acceptors (Lipinski definition) is 6. The summed E-state index contributed by atoms with van der Waals surface area (Å²) >= 11 is 0. The van der Waals surface area contributed by atoms with E-state index in [2.05, 4.69) is 0 Å². The van der Waals surface area contributed by atoms with Crippen LogP contribution in [0.15, 0.2) is 79.0 Å². The highest BCUT2D eigenvalue weighted by atomic mass is 16.5. The van der Waals surface area contributed by atoms with Gasteiger partial charge in [0.25, 0.3) is 5.91 Å². The van der Waals surface area contributed by atoms with Crippen molar-refractivity contribution in [2.75, 3.05) is 31.6 Å². The van der Waals surface area contributed by atoms with Crippen molar-refractivity contribution >= 4 is 29.3 Å². The second-order valence-electron chi connectivity index (χ2n) is 9.87. The summed E-state index contributed by atoms with van der Waals surface area (Å²) in [6, 6.07) is 22.2. The maximum absolute atomic E-state index is 13.6. The van der Waals surface area contributed by atoms with Crippen LogP contribution in [0.1, 0.15) is 35.2 Å². The van der Waals surface area contributed by atoms with Gasteiger partial charge in [-0.1, -0.05) is 18.2 Å². The molecule has 1 spiro atoms. The molecule has 2 saturated heterocycles. The number of anilines is 1. The van der Waals surface area contributed by atoms with Gasteiger partial charge in [0.15, 0.2) is 0 Å². The molecule has 3 N–H and O–H groups in total. The van der Waals surface area contributed by atoms with Gasteiger partial charge in [0, 0.05) is 60.5 Å². The van der Waals surface area contributed by atoms with Crippen molar-refractivity contribution in [1.82, 2.24) is 4.90 Å². The van der Waals surface area contributed by atoms with Crippen LogP contribution in [0.5, 0.6) is 17.2 Å². The Kier molecular flexibility index (Phi) is 7.36. The van der Waals surface area contributed by atoms with E-state index in [0.29, 0.717) is 60.7 Å². The molecule has 2 amide bonds. The summed E-state index contributed by atoms with van der Waals surface area (Å²) < 4.78 is 11.4. The molecule has 3 aromatic carbocycles. The quantitative estimate of drug-likeness (QED) is 0.418. The number of carbonyl (C=O) groups is 2. The van der Waals surface area contributed by atoms with Crippen LogP contribution in [-0.2, 0) is 4.79 Å². The van der Waals surface area contributed by atoms with Crippen LogP contribution in [0.4, 0.5) is 5.69 Å². The molecule has 2 aliphatic heterocycles. The van der Waals surface area contributed by atoms with Crippen LogP contribution in [0.25, 0.3) is 5.57 Å². The standard InChI is InChI=1S/C31H32N4O4/c1-38-28-19-24(9-12-27(28)23(20-32)21-33)35-18-15-31(30(35)37)13-16-34(17-14-31)29(36)22-7-10-26(11-8-22)39-25-5-3-2-4-6-25/h2-12,19-21,32H,13-18,33H2,1H3/b23-21+,32-20?. The number of methoxy groups -OCH3 is 1. The third-order valence-electron chi connectivity index (χ3n) is 7.74. The summed E-state index contributed by atoms with van der Waals surface area (Å²) in [5.74, 6) is 2.03. The first kappa shape index (κ1) is 26.0. The number of allylic oxidation sites excluding steroid dienone is 1. The predicted molar refractivity (Wildman–Crippen MR) is 151 cm³/mol. The van der Waals surface area contributed by atoms with E-state index in [1.54, 1.807) is 31.4 Å². The average Bonchev–Trinajstić information content (AvgIpc) is 3.29. The van der Waals surface area contributed by atoms with Crippen molar-refractivity contribution in [2.45, 2.75) is 19.3 Å². The molecule has 5 rings (SSSR count). The molecule has 0 unspecified atom stereocenters. The average molecular weight is 525 g/mol. The first-order valence-corrected chi connectivity index (χ1v) is 13.0. The zero-order valence-electron chi connectivity index (χ0n) is 21.9. The van der Waals surface area contributed by atoms with Gasteiger partial charge in [-0.05, 0) is 67.8 Å². The second-order valence-corrected chi connectivity index (χ2v) is 9.87. The van der Waals surface area contributed by atoms with Crippen LogP contribution < -0.4 is 20.1 Å². The van der Waals surface area contributed by atoms with E-state index < -0.39 is 5.41 Å². The molecule has 39 heavy (non-hydrogen) atoms. The molecule has 0 aromatic heterocycles. The number of nitrogens with one attached hydrogen (secondary N) is 1. The number of amides is 2. The zero-order chi connectivity index (χ0) is 27.4. The number of carbonyl (C=O) groups excluding carboxylic acids is 2. The molecule has 8 heteroatoms. The monoisotopic (exact) mass is 524 g/mol. The highest BCUT2D eigenvalue weighted by molar-refractivity contribution is 6.09. The molecule has 2 aliphatic rings. The molecule has 3 aromatic rings. The van der Waals surface area contributed by atoms with Crippen molar-refractivity contribution in [3.63, 3.8) is 0 Å². The summed E-state index contributed by atoms with van der Waals surface area (Å²) in [5.41, 5.74) is 7.79. The van der Waals surface area contributed by atoms with E-state index in [1.807, 2.05) is 58.3 Å². The van der Waals surface area contributed by atoms with Crippen molar-refractivity contribution in [3.8, 4) is 17.2 Å². The lowest BCUT2D eigenvalue weighted by atomic mass is 9.77. The molecule has 0 radical (unpaired) electrons. The van der Waals surface area contributed by atoms with Gasteiger partial charge in [-0.25, -0.2) is 0 Å². The normalized spacial score (nSPS) is 16.8. The van der Waals surface area contributed by atoms with Gasteiger partial charge in [0.05, 0.1) is 12.5 Å². The van der Waals surface area contributed by atoms with Crippen LogP contribution in [0.3, 0.4) is 0 Å². The highest BCUT2D eigenvalue weighted by Gasteiger charge is 2.49. The van der Waals surface area contributed by atoms with Gasteiger partial charge < -0.3 is 30.4 Å². The molecule has 0 atom stereocenters. The fraction of sp³-hybridized carbons (Fsp3) is 0.258. The van der Waals surface area contributed by atoms with E-state index in [0.717, 1.165) is 17.9 Å². The first-order chi connectivity index (χ1) is 19.0. The summed E-state index contributed by atoms with van der Waals surface area (Å²) in [6.45, 7) is 1.68. The van der Waals surface area contributed by atoms with Crippen molar-refractivity contribution in [3.05, 3.63) is 90.1 Å². The second kappa shape index (κ2) is 11.0. The number of benzene rings is 3. The minimum absolute atomic E-state index is 0.0336. The Morgan fingerprint density at radius 1 is 0.949 bits per heavy atom. The van der Waals surface area contributed by atoms with E-state index in [-0.39, 0.29) is 11.8 Å². The number of hydrogen-bond donors (Lipinski definition) is 2. The Morgan fingerprint density at radius 2 is 1.62 bits per heavy atom. The van der Waals surface area contributed by atoms with E-state index in [4.69, 9.17) is 20.6 Å². The highest BCUT2D eigenvalue weighted by Crippen LogP contribution is 2.44. The smallest absolute Gasteiger partial charge is 0.253 e. The van der Waals surface area contributed by atoms with Crippen LogP contribution >= 0.6 is 0 Å². The van der Waals surface area contributed by atoms with E-state index in [1.165, 1.54) is 12.4 Å². The number of likely N-dealkylation sites (tertiary alicyclic amines) is 1. The van der Waals surface area contributed by atoms with E-state index >= 15 is 0 Å². The molecular weight excluding hydrogens is 492 g/mol. The summed E-state index contributed by atoms with van der Waals surface area (Å²) in [4.78, 5) is 30.5. The van der Waals surface area contributed by atoms with Gasteiger partial charge in [-0.2, -0.15) is 0 Å². The topological polar surface area (TPSA) is 109 Å². The molecule has 0 bridgehead atoms. The number of nitrogens with two attached hydrogens (primary N) is 1. The molecule has 200 valence electrons. The summed E-state index contributed by atoms with van der Waals surface area (Å²) in [6.07, 6.45) is 4.55. The molecule has 2 fully saturated rings. The van der Waals surface area contributed by atoms with Gasteiger partial charge in [0.1, 0.15) is 17.2 Å². The zero-order valence-corrected chi connectivity index (χ0v) is 21.9. The first-order valence-electron chi connectivity index (χ1n) is 13.0. The Balaban J connectivity index is 1.23. The Bertz CT molecular complexity index is 1390. The number of nitrogens with zero attached hydrogens (tertiary/aromatic N) is 2. The van der Waals surface area contributed by atoms with Gasteiger partial charge in [-0.3, -0.25) is 9.59 Å². The third kappa shape index (κ3) is 5.10. The number of rotatable bonds is 7. The SMILES string of the molecule is COc1cc(N2CCC3(CCN(C(=O)c4ccc(Oc5ccccc5)cc4)CC3)C2=O)ccc1/C(C=N)=C/N. The Labute approximate surface area is 228 Å². The molecule has 8 nitrogen and oxygen atoms in total. The maximum Gasteiger partial charge on any atom is 0.253 e. The summed E-state index contributed by atoms with van der Waals surface area (Å²) in [7, 11) is 1.56. The van der Waals surface area contributed by atoms with Crippen molar-refractivity contribution in [1.29, 1.82) is 5.41 Å². The van der Waals surface area contributed by atoms with E-state index in [9.17, 15) is 9.59 Å². The minimum Gasteiger partial charge on any atom is -0.496 e. The predicted octanol–water partition coefficient (Wildman–Crippen LogP) is 5.10. The van der Waals surface area contributed by atoms with Crippen LogP contribution in [0, 0.1) is 10.8 Å². The van der Waals surface area contributed by atoms with Crippen LogP contribution in [-0.4, -0.2) is 49.7 Å². The third-order valence-corrected chi connectivity index (χ3v) is 7.74. The van der Waals surface area contributed by atoms with Gasteiger partial charge >= 0.3 is 0 Å². The summed E-state index contributed by atoms with van der Waals surface area (Å²) in [5, 5.41) is 7.58. The fourth-order valence-electron chi connectivity index (χ4n) is 5.44. The molecule has 2 heterocycles. The Hall–Kier alpha value is -4.59. The van der Waals surface area contributed by atoms with Crippen molar-refractivity contribution < 1.29 is 19.1 Å². The van der Waals surface area contributed by atoms with Gasteiger partial charge in [-0.15, -0.1) is 0 Å². The number of piperidine rings is 1. The number of ether oxygens (including phenoxy) is 2. The molecular formula is C31H32N4O4. The minimum atomic E-state index is -0.465. The number of para-hydroxylation sites is 1. The molecule has 0 aliphatic carbocycles. The Morgan fingerprint density at radius 3 is 2.26 bits per heavy atom. The lowest BCUT2D eigenvalue weighted by Crippen LogP contribution is -2.46. The lowest BCUT2D eigenvalue weighted by molar-refractivity contribution is -0.127. The fourth-order valence-corrected chi connectivity index (χ4v) is 5.44.